The van der Waals surface area contributed by atoms with Crippen molar-refractivity contribution in [2.75, 3.05) is 40.5 Å². The number of benzene rings is 1. The topological polar surface area (TPSA) is 76.7 Å². The molecule has 6 nitrogen and oxygen atoms in total. The number of rotatable bonds is 10. The van der Waals surface area contributed by atoms with Gasteiger partial charge in [0, 0.05) is 25.8 Å². The molecule has 0 atom stereocenters. The van der Waals surface area contributed by atoms with Crippen LogP contribution in [0.4, 0.5) is 4.39 Å². The van der Waals surface area contributed by atoms with Gasteiger partial charge >= 0.3 is 0 Å². The summed E-state index contributed by atoms with van der Waals surface area (Å²) in [6.07, 6.45) is 0. The van der Waals surface area contributed by atoms with Gasteiger partial charge < -0.3 is 14.8 Å². The van der Waals surface area contributed by atoms with Crippen molar-refractivity contribution in [2.24, 2.45) is 0 Å². The van der Waals surface area contributed by atoms with Gasteiger partial charge in [-0.3, -0.25) is 0 Å². The summed E-state index contributed by atoms with van der Waals surface area (Å²) >= 11 is 0. The Morgan fingerprint density at radius 1 is 1.24 bits per heavy atom. The maximum absolute atomic E-state index is 13.5. The molecule has 0 unspecified atom stereocenters. The quantitative estimate of drug-likeness (QED) is 0.614. The molecule has 0 aromatic heterocycles. The largest absolute Gasteiger partial charge is 0.382 e. The average molecular weight is 320 g/mol. The lowest BCUT2D eigenvalue weighted by Crippen LogP contribution is -2.28. The standard InChI is InChI=1S/C13H21FN2O4S/c1-15-10-11-9-12(3-4-13(11)14)21(17,18)16-5-6-20-8-7-19-2/h3-4,9,15-16H,5-8,10H2,1-2H3. The summed E-state index contributed by atoms with van der Waals surface area (Å²) in [5.74, 6) is -0.439. The summed E-state index contributed by atoms with van der Waals surface area (Å²) in [6, 6.07) is 3.71. The van der Waals surface area contributed by atoms with Crippen LogP contribution < -0.4 is 10.0 Å². The molecule has 0 bridgehead atoms. The van der Waals surface area contributed by atoms with Gasteiger partial charge in [0.2, 0.25) is 10.0 Å². The van der Waals surface area contributed by atoms with Crippen molar-refractivity contribution in [1.82, 2.24) is 10.0 Å². The zero-order valence-corrected chi connectivity index (χ0v) is 13.0. The summed E-state index contributed by atoms with van der Waals surface area (Å²) in [5.41, 5.74) is 0.303. The van der Waals surface area contributed by atoms with Crippen LogP contribution in [0.25, 0.3) is 0 Å². The van der Waals surface area contributed by atoms with Crippen molar-refractivity contribution >= 4 is 10.0 Å². The van der Waals surface area contributed by atoms with E-state index in [1.807, 2.05) is 0 Å². The van der Waals surface area contributed by atoms with Gasteiger partial charge in [0.15, 0.2) is 0 Å². The highest BCUT2D eigenvalue weighted by molar-refractivity contribution is 7.89. The molecule has 1 rings (SSSR count). The minimum Gasteiger partial charge on any atom is -0.382 e. The van der Waals surface area contributed by atoms with Crippen molar-refractivity contribution in [3.05, 3.63) is 29.6 Å². The van der Waals surface area contributed by atoms with E-state index in [0.717, 1.165) is 6.07 Å². The van der Waals surface area contributed by atoms with E-state index in [-0.39, 0.29) is 24.6 Å². The second kappa shape index (κ2) is 9.06. The summed E-state index contributed by atoms with van der Waals surface area (Å²) in [7, 11) is -0.445. The third-order valence-electron chi connectivity index (χ3n) is 2.66. The second-order valence-electron chi connectivity index (χ2n) is 4.29. The molecule has 0 fully saturated rings. The van der Waals surface area contributed by atoms with E-state index in [1.54, 1.807) is 14.2 Å². The summed E-state index contributed by atoms with van der Waals surface area (Å²) < 4.78 is 50.0. The molecule has 0 heterocycles. The van der Waals surface area contributed by atoms with Crippen LogP contribution in [0, 0.1) is 5.82 Å². The van der Waals surface area contributed by atoms with E-state index in [4.69, 9.17) is 9.47 Å². The van der Waals surface area contributed by atoms with Crippen molar-refractivity contribution in [3.8, 4) is 0 Å². The van der Waals surface area contributed by atoms with Crippen molar-refractivity contribution in [1.29, 1.82) is 0 Å². The highest BCUT2D eigenvalue weighted by atomic mass is 32.2. The Bertz CT molecular complexity index is 537. The number of hydrogen-bond acceptors (Lipinski definition) is 5. The molecule has 0 saturated carbocycles. The van der Waals surface area contributed by atoms with E-state index < -0.39 is 15.8 Å². The van der Waals surface area contributed by atoms with Crippen LogP contribution in [0.1, 0.15) is 5.56 Å². The summed E-state index contributed by atoms with van der Waals surface area (Å²) in [5, 5.41) is 2.79. The molecular weight excluding hydrogens is 299 g/mol. The zero-order valence-electron chi connectivity index (χ0n) is 12.2. The molecule has 0 aliphatic carbocycles. The summed E-state index contributed by atoms with van der Waals surface area (Å²) in [4.78, 5) is 0.0334. The number of hydrogen-bond donors (Lipinski definition) is 2. The van der Waals surface area contributed by atoms with Crippen LogP contribution in [0.3, 0.4) is 0 Å². The lowest BCUT2D eigenvalue weighted by Gasteiger charge is -2.09. The first-order valence-corrected chi connectivity index (χ1v) is 7.99. The first kappa shape index (κ1) is 18.0. The Morgan fingerprint density at radius 3 is 2.67 bits per heavy atom. The monoisotopic (exact) mass is 320 g/mol. The van der Waals surface area contributed by atoms with E-state index >= 15 is 0 Å². The van der Waals surface area contributed by atoms with Crippen molar-refractivity contribution < 1.29 is 22.3 Å². The summed E-state index contributed by atoms with van der Waals surface area (Å²) in [6.45, 7) is 1.51. The Labute approximate surface area is 124 Å². The number of halogens is 1. The molecule has 21 heavy (non-hydrogen) atoms. The van der Waals surface area contributed by atoms with E-state index in [1.165, 1.54) is 12.1 Å². The van der Waals surface area contributed by atoms with Gasteiger partial charge in [-0.15, -0.1) is 0 Å². The van der Waals surface area contributed by atoms with E-state index in [2.05, 4.69) is 10.0 Å². The third-order valence-corrected chi connectivity index (χ3v) is 4.12. The van der Waals surface area contributed by atoms with Gasteiger partial charge in [-0.25, -0.2) is 17.5 Å². The third kappa shape index (κ3) is 6.06. The van der Waals surface area contributed by atoms with E-state index in [9.17, 15) is 12.8 Å². The normalized spacial score (nSPS) is 11.8. The number of methoxy groups -OCH3 is 1. The predicted octanol–water partition coefficient (Wildman–Crippen LogP) is 0.486. The fourth-order valence-electron chi connectivity index (χ4n) is 1.62. The van der Waals surface area contributed by atoms with Gasteiger partial charge in [-0.2, -0.15) is 0 Å². The highest BCUT2D eigenvalue weighted by Gasteiger charge is 2.15. The molecule has 0 radical (unpaired) electrons. The molecule has 0 aliphatic heterocycles. The van der Waals surface area contributed by atoms with Crippen LogP contribution in [-0.2, 0) is 26.0 Å². The minimum absolute atomic E-state index is 0.0334. The van der Waals surface area contributed by atoms with Gasteiger partial charge in [-0.05, 0) is 25.2 Å². The molecule has 2 N–H and O–H groups in total. The second-order valence-corrected chi connectivity index (χ2v) is 6.05. The molecule has 8 heteroatoms. The molecular formula is C13H21FN2O4S. The highest BCUT2D eigenvalue weighted by Crippen LogP contribution is 2.14. The van der Waals surface area contributed by atoms with Crippen molar-refractivity contribution in [3.63, 3.8) is 0 Å². The Balaban J connectivity index is 2.59. The molecule has 1 aromatic rings. The lowest BCUT2D eigenvalue weighted by atomic mass is 10.2. The number of sulfonamides is 1. The molecule has 0 saturated heterocycles. The first-order chi connectivity index (χ1) is 10.0. The average Bonchev–Trinajstić information content (AvgIpc) is 2.45. The van der Waals surface area contributed by atoms with Gasteiger partial charge in [0.25, 0.3) is 0 Å². The molecule has 120 valence electrons. The van der Waals surface area contributed by atoms with Crippen molar-refractivity contribution in [2.45, 2.75) is 11.4 Å². The maximum Gasteiger partial charge on any atom is 0.240 e. The Hall–Kier alpha value is -1.06. The van der Waals surface area contributed by atoms with Crippen LogP contribution in [0.5, 0.6) is 0 Å². The van der Waals surface area contributed by atoms with Gasteiger partial charge in [-0.1, -0.05) is 0 Å². The van der Waals surface area contributed by atoms with Crippen LogP contribution in [-0.4, -0.2) is 48.9 Å². The van der Waals surface area contributed by atoms with E-state index in [0.29, 0.717) is 18.8 Å². The van der Waals surface area contributed by atoms with Gasteiger partial charge in [0.05, 0.1) is 24.7 Å². The molecule has 1 aromatic carbocycles. The predicted molar refractivity (Wildman–Crippen MR) is 77.0 cm³/mol. The van der Waals surface area contributed by atoms with Crippen LogP contribution >= 0.6 is 0 Å². The van der Waals surface area contributed by atoms with Gasteiger partial charge in [0.1, 0.15) is 5.82 Å². The Kier molecular flexibility index (Phi) is 7.76. The first-order valence-electron chi connectivity index (χ1n) is 6.50. The van der Waals surface area contributed by atoms with Crippen LogP contribution in [0.2, 0.25) is 0 Å². The fraction of sp³-hybridized carbons (Fsp3) is 0.538. The number of nitrogens with one attached hydrogen (secondary N) is 2. The molecule has 0 amide bonds. The molecule has 0 spiro atoms. The molecule has 0 aliphatic rings. The minimum atomic E-state index is -3.67. The Morgan fingerprint density at radius 2 is 2.00 bits per heavy atom. The zero-order chi connectivity index (χ0) is 15.7. The van der Waals surface area contributed by atoms with Crippen LogP contribution in [0.15, 0.2) is 23.1 Å². The number of ether oxygens (including phenoxy) is 2. The lowest BCUT2D eigenvalue weighted by molar-refractivity contribution is 0.0736. The maximum atomic E-state index is 13.5. The fourth-order valence-corrected chi connectivity index (χ4v) is 2.68. The SMILES string of the molecule is CNCc1cc(S(=O)(=O)NCCOCCOC)ccc1F. The smallest absolute Gasteiger partial charge is 0.240 e.